The fraction of sp³-hybridized carbons (Fsp3) is 0.160. The minimum Gasteiger partial charge on any atom is -0.350 e. The van der Waals surface area contributed by atoms with Gasteiger partial charge in [-0.05, 0) is 66.9 Å². The van der Waals surface area contributed by atoms with Crippen LogP contribution in [0.25, 0.3) is 11.1 Å². The summed E-state index contributed by atoms with van der Waals surface area (Å²) < 4.78 is 40.3. The molecular formula is C25H22F3N3O4. The Morgan fingerprint density at radius 1 is 0.743 bits per heavy atom. The third-order valence-corrected chi connectivity index (χ3v) is 5.04. The molecule has 0 aliphatic carbocycles. The SMILES string of the molecule is CC(C)NC(=O)c1ccc(C(=O)NC(C(=O)NO)c2ccc(-c3cc(F)c(F)c(F)c3)cc2)cc1. The Labute approximate surface area is 198 Å². The molecule has 0 aliphatic heterocycles. The standard InChI is InChI=1S/C25H22F3N3O4/c1-13(2)29-23(32)16-7-9-17(10-8-16)24(33)30-22(25(34)31-35)15-5-3-14(4-6-15)18-11-19(26)21(28)20(27)12-18/h3-13,22,35H,1-2H3,(H,29,32)(H,30,33)(H,31,34). The minimum absolute atomic E-state index is 0.0595. The highest BCUT2D eigenvalue weighted by molar-refractivity contribution is 5.99. The first-order valence-electron chi connectivity index (χ1n) is 10.5. The second kappa shape index (κ2) is 10.8. The Bertz CT molecular complexity index is 1220. The normalized spacial score (nSPS) is 11.6. The molecule has 0 fully saturated rings. The molecule has 0 saturated carbocycles. The monoisotopic (exact) mass is 485 g/mol. The summed E-state index contributed by atoms with van der Waals surface area (Å²) in [5, 5.41) is 14.3. The van der Waals surface area contributed by atoms with Crippen molar-refractivity contribution in [2.75, 3.05) is 0 Å². The van der Waals surface area contributed by atoms with Crippen LogP contribution >= 0.6 is 0 Å². The lowest BCUT2D eigenvalue weighted by Gasteiger charge is -2.18. The Hall–Kier alpha value is -4.18. The number of carbonyl (C=O) groups excluding carboxylic acids is 3. The second-order valence-corrected chi connectivity index (χ2v) is 7.96. The quantitative estimate of drug-likeness (QED) is 0.231. The van der Waals surface area contributed by atoms with Crippen LogP contribution in [0.15, 0.2) is 60.7 Å². The predicted molar refractivity (Wildman–Crippen MR) is 121 cm³/mol. The molecule has 0 saturated heterocycles. The number of carbonyl (C=O) groups is 3. The summed E-state index contributed by atoms with van der Waals surface area (Å²) in [6, 6.07) is 11.7. The van der Waals surface area contributed by atoms with Gasteiger partial charge >= 0.3 is 0 Å². The van der Waals surface area contributed by atoms with Gasteiger partial charge in [0, 0.05) is 17.2 Å². The number of hydrogen-bond donors (Lipinski definition) is 4. The van der Waals surface area contributed by atoms with E-state index < -0.39 is 35.3 Å². The summed E-state index contributed by atoms with van der Waals surface area (Å²) in [7, 11) is 0. The average Bonchev–Trinajstić information content (AvgIpc) is 2.84. The van der Waals surface area contributed by atoms with Crippen LogP contribution in [0.3, 0.4) is 0 Å². The van der Waals surface area contributed by atoms with Gasteiger partial charge in [-0.1, -0.05) is 24.3 Å². The van der Waals surface area contributed by atoms with E-state index in [0.29, 0.717) is 11.1 Å². The summed E-state index contributed by atoms with van der Waals surface area (Å²) in [5.41, 5.74) is 2.65. The molecule has 0 heterocycles. The van der Waals surface area contributed by atoms with Crippen LogP contribution in [0.2, 0.25) is 0 Å². The molecule has 35 heavy (non-hydrogen) atoms. The van der Waals surface area contributed by atoms with Crippen LogP contribution in [0.4, 0.5) is 13.2 Å². The molecule has 182 valence electrons. The first-order valence-corrected chi connectivity index (χ1v) is 10.5. The van der Waals surface area contributed by atoms with Gasteiger partial charge in [0.25, 0.3) is 17.7 Å². The molecule has 4 N–H and O–H groups in total. The number of hydroxylamine groups is 1. The van der Waals surface area contributed by atoms with Gasteiger partial charge in [-0.25, -0.2) is 18.7 Å². The van der Waals surface area contributed by atoms with Crippen LogP contribution in [-0.2, 0) is 4.79 Å². The van der Waals surface area contributed by atoms with Gasteiger partial charge in [-0.2, -0.15) is 0 Å². The Balaban J connectivity index is 1.80. The molecular weight excluding hydrogens is 463 g/mol. The molecule has 0 aliphatic rings. The molecule has 10 heteroatoms. The van der Waals surface area contributed by atoms with Crippen LogP contribution in [0, 0.1) is 17.5 Å². The lowest BCUT2D eigenvalue weighted by atomic mass is 9.99. The van der Waals surface area contributed by atoms with Gasteiger partial charge in [0.2, 0.25) is 0 Å². The third kappa shape index (κ3) is 6.04. The lowest BCUT2D eigenvalue weighted by molar-refractivity contribution is -0.131. The van der Waals surface area contributed by atoms with Crippen LogP contribution < -0.4 is 16.1 Å². The van der Waals surface area contributed by atoms with Gasteiger partial charge in [-0.15, -0.1) is 0 Å². The van der Waals surface area contributed by atoms with E-state index >= 15 is 0 Å². The van der Waals surface area contributed by atoms with Crippen molar-refractivity contribution in [3.05, 3.63) is 94.8 Å². The minimum atomic E-state index is -1.58. The number of rotatable bonds is 7. The Morgan fingerprint density at radius 2 is 1.23 bits per heavy atom. The molecule has 3 aromatic rings. The van der Waals surface area contributed by atoms with Gasteiger partial charge < -0.3 is 10.6 Å². The maximum atomic E-state index is 13.5. The third-order valence-electron chi connectivity index (χ3n) is 5.04. The second-order valence-electron chi connectivity index (χ2n) is 7.96. The zero-order valence-electron chi connectivity index (χ0n) is 18.7. The molecule has 3 amide bonds. The summed E-state index contributed by atoms with van der Waals surface area (Å²) in [4.78, 5) is 37.0. The topological polar surface area (TPSA) is 108 Å². The lowest BCUT2D eigenvalue weighted by Crippen LogP contribution is -2.39. The predicted octanol–water partition coefficient (Wildman–Crippen LogP) is 3.89. The molecule has 3 rings (SSSR count). The van der Waals surface area contributed by atoms with E-state index in [1.54, 1.807) is 0 Å². The summed E-state index contributed by atoms with van der Waals surface area (Å²) in [5.74, 6) is -6.16. The first kappa shape index (κ1) is 25.4. The fourth-order valence-electron chi connectivity index (χ4n) is 3.29. The highest BCUT2D eigenvalue weighted by Crippen LogP contribution is 2.26. The van der Waals surface area contributed by atoms with Crippen molar-refractivity contribution < 1.29 is 32.8 Å². The Kier molecular flexibility index (Phi) is 7.87. The van der Waals surface area contributed by atoms with Crippen LogP contribution in [-0.4, -0.2) is 29.0 Å². The number of nitrogens with one attached hydrogen (secondary N) is 3. The van der Waals surface area contributed by atoms with Gasteiger partial charge in [-0.3, -0.25) is 19.6 Å². The van der Waals surface area contributed by atoms with E-state index in [0.717, 1.165) is 12.1 Å². The molecule has 1 atom stereocenters. The molecule has 0 bridgehead atoms. The van der Waals surface area contributed by atoms with E-state index in [1.807, 2.05) is 13.8 Å². The van der Waals surface area contributed by atoms with E-state index in [1.165, 1.54) is 54.0 Å². The Morgan fingerprint density at radius 3 is 1.69 bits per heavy atom. The smallest absolute Gasteiger partial charge is 0.270 e. The molecule has 3 aromatic carbocycles. The molecule has 1 unspecified atom stereocenters. The summed E-state index contributed by atoms with van der Waals surface area (Å²) >= 11 is 0. The van der Waals surface area contributed by atoms with Crippen molar-refractivity contribution in [1.82, 2.24) is 16.1 Å². The zero-order chi connectivity index (χ0) is 25.7. The molecule has 0 radical (unpaired) electrons. The van der Waals surface area contributed by atoms with Gasteiger partial charge in [0.1, 0.15) is 6.04 Å². The highest BCUT2D eigenvalue weighted by atomic mass is 19.2. The van der Waals surface area contributed by atoms with Crippen molar-refractivity contribution in [3.8, 4) is 11.1 Å². The van der Waals surface area contributed by atoms with Crippen molar-refractivity contribution in [2.24, 2.45) is 0 Å². The van der Waals surface area contributed by atoms with Crippen molar-refractivity contribution in [2.45, 2.75) is 25.9 Å². The van der Waals surface area contributed by atoms with Crippen molar-refractivity contribution in [1.29, 1.82) is 0 Å². The summed E-state index contributed by atoms with van der Waals surface area (Å²) in [6.45, 7) is 3.63. The van der Waals surface area contributed by atoms with E-state index in [9.17, 15) is 27.6 Å². The molecule has 0 aromatic heterocycles. The largest absolute Gasteiger partial charge is 0.350 e. The van der Waals surface area contributed by atoms with E-state index in [4.69, 9.17) is 5.21 Å². The first-order chi connectivity index (χ1) is 16.6. The van der Waals surface area contributed by atoms with E-state index in [-0.39, 0.29) is 28.6 Å². The molecule has 7 nitrogen and oxygen atoms in total. The number of amides is 3. The van der Waals surface area contributed by atoms with Crippen molar-refractivity contribution in [3.63, 3.8) is 0 Å². The highest BCUT2D eigenvalue weighted by Gasteiger charge is 2.23. The zero-order valence-corrected chi connectivity index (χ0v) is 18.7. The number of benzene rings is 3. The number of halogens is 3. The van der Waals surface area contributed by atoms with E-state index in [2.05, 4.69) is 10.6 Å². The van der Waals surface area contributed by atoms with Gasteiger partial charge in [0.05, 0.1) is 0 Å². The fourth-order valence-corrected chi connectivity index (χ4v) is 3.29. The average molecular weight is 485 g/mol. The summed E-state index contributed by atoms with van der Waals surface area (Å²) in [6.07, 6.45) is 0. The maximum Gasteiger partial charge on any atom is 0.270 e. The van der Waals surface area contributed by atoms with Crippen LogP contribution in [0.1, 0.15) is 46.2 Å². The van der Waals surface area contributed by atoms with Crippen LogP contribution in [0.5, 0.6) is 0 Å². The van der Waals surface area contributed by atoms with Crippen molar-refractivity contribution >= 4 is 17.7 Å². The number of hydrogen-bond acceptors (Lipinski definition) is 4. The van der Waals surface area contributed by atoms with Gasteiger partial charge in [0.15, 0.2) is 17.5 Å². The maximum absolute atomic E-state index is 13.5. The molecule has 0 spiro atoms.